The predicted octanol–water partition coefficient (Wildman–Crippen LogP) is 3.99. The van der Waals surface area contributed by atoms with E-state index in [9.17, 15) is 5.26 Å². The van der Waals surface area contributed by atoms with Crippen molar-refractivity contribution in [2.75, 3.05) is 11.9 Å². The number of H-pyrrole nitrogens is 1. The number of imidazole rings is 1. The van der Waals surface area contributed by atoms with Crippen molar-refractivity contribution in [3.05, 3.63) is 58.6 Å². The molecule has 0 unspecified atom stereocenters. The zero-order valence-electron chi connectivity index (χ0n) is 13.6. The van der Waals surface area contributed by atoms with E-state index in [1.807, 2.05) is 30.3 Å². The number of aromatic nitrogens is 2. The lowest BCUT2D eigenvalue weighted by Crippen LogP contribution is -2.33. The van der Waals surface area contributed by atoms with E-state index in [1.165, 1.54) is 0 Å². The molecule has 5 nitrogen and oxygen atoms in total. The normalized spacial score (nSPS) is 18.2. The maximum atomic E-state index is 9.26. The van der Waals surface area contributed by atoms with Crippen LogP contribution in [-0.4, -0.2) is 22.6 Å². The fraction of sp³-hybridized carbons (Fsp3) is 0.263. The quantitative estimate of drug-likeness (QED) is 0.664. The van der Waals surface area contributed by atoms with Crippen molar-refractivity contribution in [3.8, 4) is 6.07 Å². The molecule has 6 heteroatoms. The topological polar surface area (TPSA) is 76.5 Å². The van der Waals surface area contributed by atoms with Gasteiger partial charge in [-0.25, -0.2) is 4.98 Å². The second-order valence-electron chi connectivity index (χ2n) is 6.28. The zero-order chi connectivity index (χ0) is 17.2. The Kier molecular flexibility index (Phi) is 4.31. The Morgan fingerprint density at radius 3 is 2.92 bits per heavy atom. The summed E-state index contributed by atoms with van der Waals surface area (Å²) in [4.78, 5) is 7.87. The monoisotopic (exact) mass is 351 g/mol. The van der Waals surface area contributed by atoms with Crippen LogP contribution in [0.1, 0.15) is 30.0 Å². The molecule has 3 N–H and O–H groups in total. The highest BCUT2D eigenvalue weighted by Gasteiger charge is 2.27. The average Bonchev–Trinajstić information content (AvgIpc) is 3.28. The second-order valence-corrected chi connectivity index (χ2v) is 6.72. The van der Waals surface area contributed by atoms with Crippen molar-refractivity contribution in [3.63, 3.8) is 0 Å². The van der Waals surface area contributed by atoms with Crippen LogP contribution in [0.15, 0.2) is 42.5 Å². The Hall–Kier alpha value is -2.55. The van der Waals surface area contributed by atoms with Gasteiger partial charge in [-0.15, -0.1) is 0 Å². The Morgan fingerprint density at radius 1 is 1.28 bits per heavy atom. The molecule has 1 aromatic heterocycles. The van der Waals surface area contributed by atoms with Crippen LogP contribution in [0.2, 0.25) is 5.02 Å². The highest BCUT2D eigenvalue weighted by molar-refractivity contribution is 6.30. The van der Waals surface area contributed by atoms with Crippen LogP contribution in [0.5, 0.6) is 0 Å². The molecule has 2 aromatic carbocycles. The summed E-state index contributed by atoms with van der Waals surface area (Å²) in [7, 11) is 0. The predicted molar refractivity (Wildman–Crippen MR) is 99.6 cm³/mol. The first-order valence-corrected chi connectivity index (χ1v) is 8.76. The molecular formula is C19H18ClN5. The van der Waals surface area contributed by atoms with Crippen molar-refractivity contribution in [1.29, 1.82) is 5.26 Å². The third kappa shape index (κ3) is 3.19. The number of hydrogen-bond acceptors (Lipinski definition) is 4. The van der Waals surface area contributed by atoms with E-state index >= 15 is 0 Å². The number of fused-ring (bicyclic) bond motifs is 1. The molecule has 0 saturated carbocycles. The van der Waals surface area contributed by atoms with Gasteiger partial charge in [-0.2, -0.15) is 5.26 Å². The number of rotatable bonds is 4. The van der Waals surface area contributed by atoms with E-state index in [0.717, 1.165) is 35.5 Å². The minimum atomic E-state index is 0.0484. The minimum absolute atomic E-state index is 0.0484. The van der Waals surface area contributed by atoms with E-state index in [4.69, 9.17) is 11.6 Å². The van der Waals surface area contributed by atoms with E-state index < -0.39 is 0 Å². The number of hydrogen-bond donors (Lipinski definition) is 3. The first kappa shape index (κ1) is 15.9. The van der Waals surface area contributed by atoms with E-state index in [2.05, 4.69) is 32.7 Å². The van der Waals surface area contributed by atoms with Crippen LogP contribution in [-0.2, 0) is 0 Å². The van der Waals surface area contributed by atoms with Gasteiger partial charge in [0, 0.05) is 11.1 Å². The summed E-state index contributed by atoms with van der Waals surface area (Å²) in [5.41, 5.74) is 3.23. The molecule has 1 aliphatic rings. The highest BCUT2D eigenvalue weighted by Crippen LogP contribution is 2.29. The van der Waals surface area contributed by atoms with Gasteiger partial charge in [-0.3, -0.25) is 0 Å². The molecule has 0 radical (unpaired) electrons. The number of nitrogens with one attached hydrogen (secondary N) is 3. The molecule has 0 bridgehead atoms. The maximum Gasteiger partial charge on any atom is 0.201 e. The van der Waals surface area contributed by atoms with E-state index in [1.54, 1.807) is 6.07 Å². The van der Waals surface area contributed by atoms with E-state index in [0.29, 0.717) is 23.1 Å². The minimum Gasteiger partial charge on any atom is -0.347 e. The molecule has 0 amide bonds. The lowest BCUT2D eigenvalue weighted by molar-refractivity contribution is 0.524. The molecule has 0 spiro atoms. The Labute approximate surface area is 151 Å². The van der Waals surface area contributed by atoms with Gasteiger partial charge in [0.05, 0.1) is 17.1 Å². The van der Waals surface area contributed by atoms with Gasteiger partial charge in [0.1, 0.15) is 11.6 Å². The Morgan fingerprint density at radius 2 is 2.16 bits per heavy atom. The summed E-state index contributed by atoms with van der Waals surface area (Å²) in [5, 5.41) is 17.0. The number of halogens is 1. The summed E-state index contributed by atoms with van der Waals surface area (Å²) in [6, 6.07) is 16.0. The SMILES string of the molecule is N#Cc1cccc2[nH]c(N[C@@H](c3cccc(Cl)c3)[C@H]3CCCN3)nc12. The van der Waals surface area contributed by atoms with Crippen LogP contribution in [0, 0.1) is 11.3 Å². The molecule has 4 rings (SSSR count). The third-order valence-electron chi connectivity index (χ3n) is 4.63. The summed E-state index contributed by atoms with van der Waals surface area (Å²) in [6.07, 6.45) is 2.25. The van der Waals surface area contributed by atoms with Crippen molar-refractivity contribution in [2.24, 2.45) is 0 Å². The smallest absolute Gasteiger partial charge is 0.201 e. The molecule has 126 valence electrons. The van der Waals surface area contributed by atoms with Gasteiger partial charge in [0.25, 0.3) is 0 Å². The lowest BCUT2D eigenvalue weighted by Gasteiger charge is -2.25. The van der Waals surface area contributed by atoms with Gasteiger partial charge in [0.2, 0.25) is 5.95 Å². The molecular weight excluding hydrogens is 334 g/mol. The van der Waals surface area contributed by atoms with Gasteiger partial charge in [0.15, 0.2) is 0 Å². The molecule has 25 heavy (non-hydrogen) atoms. The molecule has 1 saturated heterocycles. The molecule has 2 heterocycles. The van der Waals surface area contributed by atoms with Crippen molar-refractivity contribution < 1.29 is 0 Å². The average molecular weight is 352 g/mol. The van der Waals surface area contributed by atoms with Gasteiger partial charge < -0.3 is 15.6 Å². The van der Waals surface area contributed by atoms with Crippen LogP contribution in [0.3, 0.4) is 0 Å². The van der Waals surface area contributed by atoms with Crippen molar-refractivity contribution in [1.82, 2.24) is 15.3 Å². The van der Waals surface area contributed by atoms with Crippen LogP contribution in [0.4, 0.5) is 5.95 Å². The Balaban J connectivity index is 1.70. The lowest BCUT2D eigenvalue weighted by atomic mass is 9.98. The second kappa shape index (κ2) is 6.75. The molecule has 3 aromatic rings. The van der Waals surface area contributed by atoms with Crippen LogP contribution >= 0.6 is 11.6 Å². The number of nitriles is 1. The first-order valence-electron chi connectivity index (χ1n) is 8.39. The summed E-state index contributed by atoms with van der Waals surface area (Å²) in [5.74, 6) is 0.663. The summed E-state index contributed by atoms with van der Waals surface area (Å²) >= 11 is 6.19. The van der Waals surface area contributed by atoms with Crippen LogP contribution < -0.4 is 10.6 Å². The van der Waals surface area contributed by atoms with Crippen molar-refractivity contribution in [2.45, 2.75) is 24.9 Å². The van der Waals surface area contributed by atoms with Gasteiger partial charge in [-0.05, 0) is 49.2 Å². The molecule has 2 atom stereocenters. The maximum absolute atomic E-state index is 9.26. The fourth-order valence-corrected chi connectivity index (χ4v) is 3.65. The molecule has 1 aliphatic heterocycles. The largest absolute Gasteiger partial charge is 0.347 e. The number of benzene rings is 2. The van der Waals surface area contributed by atoms with E-state index in [-0.39, 0.29) is 6.04 Å². The van der Waals surface area contributed by atoms with Gasteiger partial charge >= 0.3 is 0 Å². The first-order chi connectivity index (χ1) is 12.2. The Bertz CT molecular complexity index is 936. The third-order valence-corrected chi connectivity index (χ3v) is 4.87. The van der Waals surface area contributed by atoms with Crippen molar-refractivity contribution >= 4 is 28.6 Å². The molecule has 1 fully saturated rings. The van der Waals surface area contributed by atoms with Gasteiger partial charge in [-0.1, -0.05) is 29.8 Å². The fourth-order valence-electron chi connectivity index (χ4n) is 3.45. The number of anilines is 1. The number of para-hydroxylation sites is 1. The molecule has 0 aliphatic carbocycles. The highest BCUT2D eigenvalue weighted by atomic mass is 35.5. The standard InChI is InChI=1S/C19H18ClN5/c20-14-6-1-4-12(10-14)17(15-8-3-9-22-15)24-19-23-16-7-2-5-13(11-21)18(16)25-19/h1-2,4-7,10,15,17,22H,3,8-9H2,(H2,23,24,25)/t15-,17+/m1/s1. The van der Waals surface area contributed by atoms with Crippen LogP contribution in [0.25, 0.3) is 11.0 Å². The zero-order valence-corrected chi connectivity index (χ0v) is 14.3. The number of nitrogens with zero attached hydrogens (tertiary/aromatic N) is 2. The summed E-state index contributed by atoms with van der Waals surface area (Å²) < 4.78 is 0. The number of aromatic amines is 1. The summed E-state index contributed by atoms with van der Waals surface area (Å²) in [6.45, 7) is 1.02.